The number of carbonyl (C=O) groups is 3. The summed E-state index contributed by atoms with van der Waals surface area (Å²) in [7, 11) is 0. The lowest BCUT2D eigenvalue weighted by Crippen LogP contribution is -2.50. The van der Waals surface area contributed by atoms with Crippen LogP contribution in [0, 0.1) is 0 Å². The van der Waals surface area contributed by atoms with Gasteiger partial charge in [0, 0.05) is 17.8 Å². The molecule has 6 heteroatoms. The highest BCUT2D eigenvalue weighted by Crippen LogP contribution is 2.32. The van der Waals surface area contributed by atoms with E-state index in [1.165, 1.54) is 4.90 Å². The van der Waals surface area contributed by atoms with Crippen molar-refractivity contribution in [3.05, 3.63) is 29.3 Å². The number of carbonyl (C=O) groups excluding carboxylic acids is 2. The molecule has 1 saturated heterocycles. The molecule has 2 heterocycles. The van der Waals surface area contributed by atoms with E-state index in [1.807, 2.05) is 0 Å². The van der Waals surface area contributed by atoms with Crippen LogP contribution < -0.4 is 5.32 Å². The zero-order valence-corrected chi connectivity index (χ0v) is 11.7. The maximum Gasteiger partial charge on any atom is 0.329 e. The first-order valence-electron chi connectivity index (χ1n) is 6.90. The summed E-state index contributed by atoms with van der Waals surface area (Å²) in [5, 5.41) is 12.1. The number of fused-ring (bicyclic) bond motifs is 1. The van der Waals surface area contributed by atoms with Gasteiger partial charge in [-0.2, -0.15) is 0 Å². The third-order valence-corrected chi connectivity index (χ3v) is 4.33. The number of hydrogen-bond acceptors (Lipinski definition) is 3. The molecule has 0 spiro atoms. The first-order chi connectivity index (χ1) is 9.91. The van der Waals surface area contributed by atoms with Gasteiger partial charge in [0.05, 0.1) is 6.42 Å². The van der Waals surface area contributed by atoms with Crippen LogP contribution in [0.5, 0.6) is 0 Å². The zero-order chi connectivity index (χ0) is 15.2. The first-order valence-corrected chi connectivity index (χ1v) is 6.90. The fraction of sp³-hybridized carbons (Fsp3) is 0.400. The second-order valence-corrected chi connectivity index (χ2v) is 5.74. The number of rotatable bonds is 2. The Morgan fingerprint density at radius 2 is 2.14 bits per heavy atom. The third kappa shape index (κ3) is 2.07. The molecule has 0 bridgehead atoms. The molecular weight excluding hydrogens is 272 g/mol. The largest absolute Gasteiger partial charge is 0.480 e. The van der Waals surface area contributed by atoms with Gasteiger partial charge >= 0.3 is 5.97 Å². The number of amides is 2. The van der Waals surface area contributed by atoms with E-state index >= 15 is 0 Å². The monoisotopic (exact) mass is 288 g/mol. The highest BCUT2D eigenvalue weighted by atomic mass is 16.4. The Morgan fingerprint density at radius 3 is 2.86 bits per heavy atom. The minimum Gasteiger partial charge on any atom is -0.480 e. The number of hydrogen-bond donors (Lipinski definition) is 2. The lowest BCUT2D eigenvalue weighted by atomic mass is 9.98. The topological polar surface area (TPSA) is 86.7 Å². The molecule has 2 aliphatic rings. The number of carboxylic acids is 1. The van der Waals surface area contributed by atoms with Crippen LogP contribution in [-0.2, 0) is 16.0 Å². The summed E-state index contributed by atoms with van der Waals surface area (Å²) in [5.41, 5.74) is 0.755. The number of carboxylic acid groups (broad SMARTS) is 1. The zero-order valence-electron chi connectivity index (χ0n) is 11.7. The summed E-state index contributed by atoms with van der Waals surface area (Å²) in [4.78, 5) is 36.8. The summed E-state index contributed by atoms with van der Waals surface area (Å²) in [6.07, 6.45) is 1.45. The van der Waals surface area contributed by atoms with Crippen LogP contribution >= 0.6 is 0 Å². The quantitative estimate of drug-likeness (QED) is 0.857. The van der Waals surface area contributed by atoms with Crippen molar-refractivity contribution in [1.82, 2.24) is 4.90 Å². The summed E-state index contributed by atoms with van der Waals surface area (Å²) < 4.78 is 0. The molecular formula is C15H16N2O4. The molecule has 1 atom stereocenters. The van der Waals surface area contributed by atoms with Crippen LogP contribution in [0.25, 0.3) is 0 Å². The average Bonchev–Trinajstić information content (AvgIpc) is 2.99. The standard InChI is InChI=1S/C15H16N2O4/c1-15(14(20)21)5-2-6-17(15)13(19)10-4-3-9-8-12(18)16-11(9)7-10/h3-4,7H,2,5-6,8H2,1H3,(H,16,18)(H,20,21). The smallest absolute Gasteiger partial charge is 0.329 e. The normalized spacial score (nSPS) is 23.9. The lowest BCUT2D eigenvalue weighted by Gasteiger charge is -2.31. The molecule has 0 aromatic heterocycles. The summed E-state index contributed by atoms with van der Waals surface area (Å²) in [5.74, 6) is -1.38. The van der Waals surface area contributed by atoms with E-state index in [4.69, 9.17) is 0 Å². The molecule has 1 unspecified atom stereocenters. The maximum atomic E-state index is 12.6. The molecule has 3 rings (SSSR count). The van der Waals surface area contributed by atoms with Gasteiger partial charge in [0.1, 0.15) is 5.54 Å². The van der Waals surface area contributed by atoms with Crippen molar-refractivity contribution in [2.24, 2.45) is 0 Å². The Morgan fingerprint density at radius 1 is 1.38 bits per heavy atom. The molecule has 1 aromatic rings. The van der Waals surface area contributed by atoms with Gasteiger partial charge in [0.15, 0.2) is 0 Å². The van der Waals surface area contributed by atoms with Gasteiger partial charge in [-0.05, 0) is 37.5 Å². The lowest BCUT2D eigenvalue weighted by molar-refractivity contribution is -0.147. The van der Waals surface area contributed by atoms with Crippen molar-refractivity contribution in [1.29, 1.82) is 0 Å². The third-order valence-electron chi connectivity index (χ3n) is 4.33. The van der Waals surface area contributed by atoms with E-state index in [-0.39, 0.29) is 11.8 Å². The molecule has 110 valence electrons. The van der Waals surface area contributed by atoms with Gasteiger partial charge < -0.3 is 15.3 Å². The molecule has 21 heavy (non-hydrogen) atoms. The molecule has 0 aliphatic carbocycles. The van der Waals surface area contributed by atoms with Crippen LogP contribution in [-0.4, -0.2) is 39.9 Å². The van der Waals surface area contributed by atoms with Crippen molar-refractivity contribution < 1.29 is 19.5 Å². The number of likely N-dealkylation sites (tertiary alicyclic amines) is 1. The fourth-order valence-corrected chi connectivity index (χ4v) is 3.01. The van der Waals surface area contributed by atoms with E-state index in [0.717, 1.165) is 5.56 Å². The highest BCUT2D eigenvalue weighted by Gasteiger charge is 2.46. The number of benzene rings is 1. The van der Waals surface area contributed by atoms with Gasteiger partial charge in [-0.3, -0.25) is 9.59 Å². The van der Waals surface area contributed by atoms with E-state index < -0.39 is 11.5 Å². The second-order valence-electron chi connectivity index (χ2n) is 5.74. The van der Waals surface area contributed by atoms with Crippen molar-refractivity contribution in [2.45, 2.75) is 31.7 Å². The van der Waals surface area contributed by atoms with Crippen LogP contribution in [0.3, 0.4) is 0 Å². The minimum absolute atomic E-state index is 0.0915. The number of anilines is 1. The fourth-order valence-electron chi connectivity index (χ4n) is 3.01. The predicted octanol–water partition coefficient (Wildman–Crippen LogP) is 1.26. The molecule has 1 fully saturated rings. The second kappa shape index (κ2) is 4.58. The van der Waals surface area contributed by atoms with Gasteiger partial charge in [0.25, 0.3) is 5.91 Å². The van der Waals surface area contributed by atoms with Gasteiger partial charge in [0.2, 0.25) is 5.91 Å². The van der Waals surface area contributed by atoms with Crippen LogP contribution in [0.2, 0.25) is 0 Å². The molecule has 0 radical (unpaired) electrons. The predicted molar refractivity (Wildman–Crippen MR) is 75.1 cm³/mol. The van der Waals surface area contributed by atoms with Gasteiger partial charge in [-0.15, -0.1) is 0 Å². The Balaban J connectivity index is 1.91. The van der Waals surface area contributed by atoms with E-state index in [9.17, 15) is 19.5 Å². The number of aliphatic carboxylic acids is 1. The molecule has 6 nitrogen and oxygen atoms in total. The molecule has 1 aromatic carbocycles. The van der Waals surface area contributed by atoms with Crippen LogP contribution in [0.1, 0.15) is 35.7 Å². The van der Waals surface area contributed by atoms with Gasteiger partial charge in [-0.1, -0.05) is 6.07 Å². The number of nitrogens with one attached hydrogen (secondary N) is 1. The first kappa shape index (κ1) is 13.6. The SMILES string of the molecule is CC1(C(=O)O)CCCN1C(=O)c1ccc2c(c1)NC(=O)C2. The van der Waals surface area contributed by atoms with E-state index in [0.29, 0.717) is 37.1 Å². The number of nitrogens with zero attached hydrogens (tertiary/aromatic N) is 1. The maximum absolute atomic E-state index is 12.6. The Hall–Kier alpha value is -2.37. The summed E-state index contributed by atoms with van der Waals surface area (Å²) in [6, 6.07) is 5.03. The molecule has 2 amide bonds. The summed E-state index contributed by atoms with van der Waals surface area (Å²) in [6.45, 7) is 2.01. The van der Waals surface area contributed by atoms with Gasteiger partial charge in [-0.25, -0.2) is 4.79 Å². The van der Waals surface area contributed by atoms with Crippen molar-refractivity contribution in [3.8, 4) is 0 Å². The van der Waals surface area contributed by atoms with Crippen molar-refractivity contribution in [2.75, 3.05) is 11.9 Å². The van der Waals surface area contributed by atoms with Crippen LogP contribution in [0.4, 0.5) is 5.69 Å². The average molecular weight is 288 g/mol. The highest BCUT2D eigenvalue weighted by molar-refractivity contribution is 6.03. The molecule has 2 N–H and O–H groups in total. The Labute approximate surface area is 121 Å². The Bertz CT molecular complexity index is 655. The minimum atomic E-state index is -1.15. The van der Waals surface area contributed by atoms with Crippen molar-refractivity contribution >= 4 is 23.5 Å². The molecule has 2 aliphatic heterocycles. The van der Waals surface area contributed by atoms with E-state index in [1.54, 1.807) is 25.1 Å². The molecule has 0 saturated carbocycles. The summed E-state index contributed by atoms with van der Waals surface area (Å²) >= 11 is 0. The Kier molecular flexibility index (Phi) is 2.97. The van der Waals surface area contributed by atoms with Crippen molar-refractivity contribution in [3.63, 3.8) is 0 Å². The van der Waals surface area contributed by atoms with E-state index in [2.05, 4.69) is 5.32 Å². The van der Waals surface area contributed by atoms with Crippen LogP contribution in [0.15, 0.2) is 18.2 Å².